The Labute approximate surface area is 113 Å². The number of esters is 1. The van der Waals surface area contributed by atoms with Gasteiger partial charge in [0.1, 0.15) is 11.7 Å². The van der Waals surface area contributed by atoms with Crippen LogP contribution in [0, 0.1) is 0 Å². The summed E-state index contributed by atoms with van der Waals surface area (Å²) in [6.07, 6.45) is 1.57. The van der Waals surface area contributed by atoms with Crippen LogP contribution in [0.5, 0.6) is 0 Å². The highest BCUT2D eigenvalue weighted by Gasteiger charge is 2.67. The predicted octanol–water partition coefficient (Wildman–Crippen LogP) is 2.79. The number of halogens is 2. The molecule has 2 rings (SSSR count). The summed E-state index contributed by atoms with van der Waals surface area (Å²) in [6, 6.07) is 0. The summed E-state index contributed by atoms with van der Waals surface area (Å²) < 4.78 is 11.0. The zero-order chi connectivity index (χ0) is 12.1. The van der Waals surface area contributed by atoms with Crippen molar-refractivity contribution < 1.29 is 14.3 Å². The van der Waals surface area contributed by atoms with Gasteiger partial charge >= 0.3 is 5.97 Å². The van der Waals surface area contributed by atoms with Gasteiger partial charge in [0.25, 0.3) is 0 Å². The first-order valence-corrected chi connectivity index (χ1v) is 7.27. The Kier molecular flexibility index (Phi) is 3.17. The van der Waals surface area contributed by atoms with Gasteiger partial charge in [0.05, 0.1) is 0 Å². The van der Waals surface area contributed by atoms with E-state index in [9.17, 15) is 4.79 Å². The first kappa shape index (κ1) is 12.8. The van der Waals surface area contributed by atoms with Crippen LogP contribution in [0.25, 0.3) is 0 Å². The maximum absolute atomic E-state index is 12.0. The summed E-state index contributed by atoms with van der Waals surface area (Å²) >= 11 is 7.15. The molecule has 0 aromatic carbocycles. The predicted molar refractivity (Wildman–Crippen MR) is 68.1 cm³/mol. The molecule has 1 heterocycles. The molecule has 5 heteroatoms. The smallest absolute Gasteiger partial charge is 0.341 e. The molecule has 0 N–H and O–H groups in total. The summed E-state index contributed by atoms with van der Waals surface area (Å²) in [5.41, 5.74) is -1.12. The molecule has 0 amide bonds. The average molecular weight is 356 g/mol. The van der Waals surface area contributed by atoms with Crippen LogP contribution in [0.15, 0.2) is 0 Å². The van der Waals surface area contributed by atoms with E-state index in [1.165, 1.54) is 0 Å². The lowest BCUT2D eigenvalue weighted by molar-refractivity contribution is -0.161. The zero-order valence-electron chi connectivity index (χ0n) is 9.63. The van der Waals surface area contributed by atoms with Crippen molar-refractivity contribution in [3.05, 3.63) is 0 Å². The van der Waals surface area contributed by atoms with Gasteiger partial charge < -0.3 is 9.47 Å². The summed E-state index contributed by atoms with van der Waals surface area (Å²) in [7, 11) is 0. The highest BCUT2D eigenvalue weighted by atomic mass is 79.9. The molecule has 2 aliphatic rings. The average Bonchev–Trinajstić information content (AvgIpc) is 2.77. The van der Waals surface area contributed by atoms with Crippen LogP contribution < -0.4 is 0 Å². The van der Waals surface area contributed by atoms with Gasteiger partial charge in [0.2, 0.25) is 0 Å². The van der Waals surface area contributed by atoms with Gasteiger partial charge in [-0.15, -0.1) is 0 Å². The second-order valence-corrected chi connectivity index (χ2v) is 7.82. The SMILES string of the molecule is CC(C)(C)OC(=O)C12CC(Br)C(Br)CC1O2. The minimum absolute atomic E-state index is 0.0283. The van der Waals surface area contributed by atoms with Gasteiger partial charge in [0.15, 0.2) is 5.60 Å². The third-order valence-corrected chi connectivity index (χ3v) is 5.57. The third-order valence-electron chi connectivity index (χ3n) is 2.89. The Balaban J connectivity index is 2.04. The summed E-state index contributed by atoms with van der Waals surface area (Å²) in [5.74, 6) is -0.214. The molecule has 0 radical (unpaired) electrons. The standard InChI is InChI=1S/C11H16Br2O3/c1-10(2,3)16-9(14)11-5-7(13)6(12)4-8(11)15-11/h6-8H,4-5H2,1-3H3. The molecule has 1 saturated heterocycles. The summed E-state index contributed by atoms with van der Waals surface area (Å²) in [4.78, 5) is 12.7. The van der Waals surface area contributed by atoms with E-state index in [1.54, 1.807) is 0 Å². The zero-order valence-corrected chi connectivity index (χ0v) is 12.8. The van der Waals surface area contributed by atoms with Gasteiger partial charge in [-0.3, -0.25) is 0 Å². The van der Waals surface area contributed by atoms with E-state index < -0.39 is 11.2 Å². The van der Waals surface area contributed by atoms with Crippen molar-refractivity contribution in [2.24, 2.45) is 0 Å². The van der Waals surface area contributed by atoms with Crippen molar-refractivity contribution in [2.75, 3.05) is 0 Å². The van der Waals surface area contributed by atoms with E-state index >= 15 is 0 Å². The van der Waals surface area contributed by atoms with Gasteiger partial charge in [-0.05, 0) is 27.2 Å². The van der Waals surface area contributed by atoms with E-state index in [4.69, 9.17) is 9.47 Å². The van der Waals surface area contributed by atoms with Crippen LogP contribution in [0.3, 0.4) is 0 Å². The van der Waals surface area contributed by atoms with Crippen molar-refractivity contribution in [1.29, 1.82) is 0 Å². The normalized spacial score (nSPS) is 42.4. The molecule has 1 aliphatic carbocycles. The van der Waals surface area contributed by atoms with Crippen molar-refractivity contribution in [1.82, 2.24) is 0 Å². The minimum Gasteiger partial charge on any atom is -0.458 e. The molecular formula is C11H16Br2O3. The number of carbonyl (C=O) groups is 1. The van der Waals surface area contributed by atoms with E-state index in [0.29, 0.717) is 11.2 Å². The molecule has 2 fully saturated rings. The van der Waals surface area contributed by atoms with E-state index in [-0.39, 0.29) is 16.9 Å². The molecule has 92 valence electrons. The second kappa shape index (κ2) is 3.95. The fourth-order valence-electron chi connectivity index (χ4n) is 2.03. The summed E-state index contributed by atoms with van der Waals surface area (Å²) in [6.45, 7) is 5.63. The van der Waals surface area contributed by atoms with Crippen LogP contribution >= 0.6 is 31.9 Å². The van der Waals surface area contributed by atoms with Crippen LogP contribution in [0.2, 0.25) is 0 Å². The largest absolute Gasteiger partial charge is 0.458 e. The van der Waals surface area contributed by atoms with Crippen LogP contribution in [-0.2, 0) is 14.3 Å². The molecule has 3 nitrogen and oxygen atoms in total. The van der Waals surface area contributed by atoms with Crippen molar-refractivity contribution in [3.8, 4) is 0 Å². The molecule has 0 aromatic rings. The van der Waals surface area contributed by atoms with Gasteiger partial charge in [-0.25, -0.2) is 4.79 Å². The first-order chi connectivity index (χ1) is 7.24. The second-order valence-electron chi connectivity index (χ2n) is 5.47. The molecular weight excluding hydrogens is 340 g/mol. The highest BCUT2D eigenvalue weighted by Crippen LogP contribution is 2.52. The molecule has 0 aromatic heterocycles. The van der Waals surface area contributed by atoms with E-state index in [0.717, 1.165) is 6.42 Å². The van der Waals surface area contributed by atoms with Crippen molar-refractivity contribution in [3.63, 3.8) is 0 Å². The first-order valence-electron chi connectivity index (χ1n) is 5.44. The number of epoxide rings is 1. The molecule has 1 saturated carbocycles. The Hall–Kier alpha value is 0.390. The number of rotatable bonds is 1. The summed E-state index contributed by atoms with van der Waals surface area (Å²) in [5, 5.41) is 0. The Morgan fingerprint density at radius 3 is 2.56 bits per heavy atom. The maximum Gasteiger partial charge on any atom is 0.341 e. The van der Waals surface area contributed by atoms with Crippen LogP contribution in [0.1, 0.15) is 33.6 Å². The fraction of sp³-hybridized carbons (Fsp3) is 0.909. The number of hydrogen-bond donors (Lipinski definition) is 0. The topological polar surface area (TPSA) is 38.8 Å². The monoisotopic (exact) mass is 354 g/mol. The Morgan fingerprint density at radius 2 is 2.00 bits per heavy atom. The lowest BCUT2D eigenvalue weighted by atomic mass is 9.89. The van der Waals surface area contributed by atoms with Crippen molar-refractivity contribution in [2.45, 2.75) is 60.6 Å². The van der Waals surface area contributed by atoms with E-state index in [1.807, 2.05) is 20.8 Å². The molecule has 4 unspecified atom stereocenters. The number of hydrogen-bond acceptors (Lipinski definition) is 3. The lowest BCUT2D eigenvalue weighted by Gasteiger charge is -2.27. The van der Waals surface area contributed by atoms with Crippen LogP contribution in [0.4, 0.5) is 0 Å². The molecule has 4 atom stereocenters. The Bertz CT molecular complexity index is 313. The number of alkyl halides is 2. The van der Waals surface area contributed by atoms with Crippen molar-refractivity contribution >= 4 is 37.8 Å². The molecule has 0 spiro atoms. The number of ether oxygens (including phenoxy) is 2. The quantitative estimate of drug-likeness (QED) is 0.412. The fourth-order valence-corrected chi connectivity index (χ4v) is 3.26. The van der Waals surface area contributed by atoms with E-state index in [2.05, 4.69) is 31.9 Å². The molecule has 16 heavy (non-hydrogen) atoms. The van der Waals surface area contributed by atoms with Gasteiger partial charge in [0, 0.05) is 16.1 Å². The van der Waals surface area contributed by atoms with Gasteiger partial charge in [-0.1, -0.05) is 31.9 Å². The maximum atomic E-state index is 12.0. The lowest BCUT2D eigenvalue weighted by Crippen LogP contribution is -2.42. The number of fused-ring (bicyclic) bond motifs is 1. The molecule has 1 aliphatic heterocycles. The minimum atomic E-state index is -0.675. The van der Waals surface area contributed by atoms with Crippen LogP contribution in [-0.4, -0.2) is 32.9 Å². The molecule has 0 bridgehead atoms. The van der Waals surface area contributed by atoms with Gasteiger partial charge in [-0.2, -0.15) is 0 Å². The third kappa shape index (κ3) is 2.31. The number of carbonyl (C=O) groups excluding carboxylic acids is 1. The Morgan fingerprint density at radius 1 is 1.38 bits per heavy atom. The highest BCUT2D eigenvalue weighted by molar-refractivity contribution is 9.12.